The molecule has 1 saturated heterocycles. The summed E-state index contributed by atoms with van der Waals surface area (Å²) in [5.41, 5.74) is 5.03. The Hall–Kier alpha value is -2.48. The second kappa shape index (κ2) is 4.80. The number of hydrogen-bond acceptors (Lipinski definition) is 5. The van der Waals surface area contributed by atoms with Crippen LogP contribution in [0.1, 0.15) is 6.42 Å². The van der Waals surface area contributed by atoms with Crippen molar-refractivity contribution in [2.75, 3.05) is 5.32 Å². The highest BCUT2D eigenvalue weighted by Crippen LogP contribution is 2.17. The van der Waals surface area contributed by atoms with Crippen LogP contribution in [0.5, 0.6) is 0 Å². The van der Waals surface area contributed by atoms with Crippen molar-refractivity contribution in [3.8, 4) is 0 Å². The molecule has 8 nitrogen and oxygen atoms in total. The summed E-state index contributed by atoms with van der Waals surface area (Å²) in [4.78, 5) is 32.6. The van der Waals surface area contributed by atoms with E-state index in [9.17, 15) is 19.7 Å². The van der Waals surface area contributed by atoms with Crippen LogP contribution in [0.2, 0.25) is 0 Å². The van der Waals surface area contributed by atoms with Crippen LogP contribution in [0.3, 0.4) is 0 Å². The first kappa shape index (κ1) is 12.0. The molecule has 0 aliphatic carbocycles. The van der Waals surface area contributed by atoms with Crippen molar-refractivity contribution >= 4 is 23.2 Å². The Morgan fingerprint density at radius 2 is 2.28 bits per heavy atom. The molecule has 1 atom stereocenters. The van der Waals surface area contributed by atoms with E-state index in [1.165, 1.54) is 24.3 Å². The van der Waals surface area contributed by atoms with Crippen molar-refractivity contribution in [2.45, 2.75) is 12.5 Å². The van der Waals surface area contributed by atoms with Crippen molar-refractivity contribution in [3.05, 3.63) is 34.4 Å². The van der Waals surface area contributed by atoms with E-state index >= 15 is 0 Å². The number of hydrogen-bond donors (Lipinski definition) is 3. The van der Waals surface area contributed by atoms with Gasteiger partial charge in [0.15, 0.2) is 0 Å². The largest absolute Gasteiger partial charge is 0.324 e. The maximum atomic E-state index is 11.7. The van der Waals surface area contributed by atoms with Crippen molar-refractivity contribution in [3.63, 3.8) is 0 Å². The van der Waals surface area contributed by atoms with Crippen LogP contribution in [0.15, 0.2) is 24.3 Å². The quantitative estimate of drug-likeness (QED) is 0.513. The second-order valence-corrected chi connectivity index (χ2v) is 3.75. The number of carbonyl (C=O) groups excluding carboxylic acids is 2. The summed E-state index contributed by atoms with van der Waals surface area (Å²) in [5, 5.41) is 13.1. The summed E-state index contributed by atoms with van der Waals surface area (Å²) in [6.45, 7) is 0. The Bertz CT molecular complexity index is 516. The number of nitro benzene ring substituents is 1. The van der Waals surface area contributed by atoms with Gasteiger partial charge in [-0.25, -0.2) is 5.43 Å². The Kier molecular flexibility index (Phi) is 3.20. The van der Waals surface area contributed by atoms with E-state index < -0.39 is 16.9 Å². The summed E-state index contributed by atoms with van der Waals surface area (Å²) in [6.07, 6.45) is 0.0424. The molecule has 0 bridgehead atoms. The first-order chi connectivity index (χ1) is 8.56. The molecular formula is C10H10N4O4. The molecule has 1 unspecified atom stereocenters. The van der Waals surface area contributed by atoms with Crippen LogP contribution in [-0.4, -0.2) is 22.8 Å². The molecule has 18 heavy (non-hydrogen) atoms. The number of nitrogens with zero attached hydrogens (tertiary/aromatic N) is 1. The van der Waals surface area contributed by atoms with Crippen LogP contribution >= 0.6 is 0 Å². The Balaban J connectivity index is 2.05. The molecule has 1 aromatic rings. The molecular weight excluding hydrogens is 240 g/mol. The average Bonchev–Trinajstić information content (AvgIpc) is 2.76. The average molecular weight is 250 g/mol. The minimum absolute atomic E-state index is 0.0424. The summed E-state index contributed by atoms with van der Waals surface area (Å²) >= 11 is 0. The SMILES string of the molecule is O=C1CC(C(=O)Nc2cccc([N+](=O)[O-])c2)NN1. The molecule has 1 aliphatic rings. The number of nitro groups is 1. The summed E-state index contributed by atoms with van der Waals surface area (Å²) in [7, 11) is 0. The number of anilines is 1. The maximum Gasteiger partial charge on any atom is 0.271 e. The number of amides is 2. The van der Waals surface area contributed by atoms with E-state index in [0.29, 0.717) is 5.69 Å². The molecule has 1 heterocycles. The highest BCUT2D eigenvalue weighted by atomic mass is 16.6. The minimum Gasteiger partial charge on any atom is -0.324 e. The smallest absolute Gasteiger partial charge is 0.271 e. The van der Waals surface area contributed by atoms with E-state index in [4.69, 9.17) is 0 Å². The van der Waals surface area contributed by atoms with Gasteiger partial charge < -0.3 is 5.32 Å². The van der Waals surface area contributed by atoms with Gasteiger partial charge in [0.05, 0.1) is 11.3 Å². The third kappa shape index (κ3) is 2.61. The normalized spacial score (nSPS) is 18.2. The van der Waals surface area contributed by atoms with Crippen molar-refractivity contribution in [1.29, 1.82) is 0 Å². The van der Waals surface area contributed by atoms with E-state index in [2.05, 4.69) is 16.2 Å². The fraction of sp³-hybridized carbons (Fsp3) is 0.200. The zero-order valence-electron chi connectivity index (χ0n) is 9.17. The highest BCUT2D eigenvalue weighted by Gasteiger charge is 2.27. The predicted molar refractivity (Wildman–Crippen MR) is 61.4 cm³/mol. The summed E-state index contributed by atoms with van der Waals surface area (Å²) in [6, 6.07) is 4.92. The molecule has 0 saturated carbocycles. The second-order valence-electron chi connectivity index (χ2n) is 3.75. The van der Waals surface area contributed by atoms with Gasteiger partial charge >= 0.3 is 0 Å². The monoisotopic (exact) mass is 250 g/mol. The molecule has 1 aliphatic heterocycles. The van der Waals surface area contributed by atoms with Crippen molar-refractivity contribution in [2.24, 2.45) is 0 Å². The standard InChI is InChI=1S/C10H10N4O4/c15-9-5-8(12-13-9)10(16)11-6-2-1-3-7(4-6)14(17)18/h1-4,8,12H,5H2,(H,11,16)(H,13,15). The third-order valence-electron chi connectivity index (χ3n) is 2.42. The van der Waals surface area contributed by atoms with E-state index in [1.807, 2.05) is 0 Å². The van der Waals surface area contributed by atoms with Gasteiger partial charge in [-0.3, -0.25) is 25.1 Å². The van der Waals surface area contributed by atoms with Crippen LogP contribution in [0, 0.1) is 10.1 Å². The molecule has 1 aromatic carbocycles. The molecule has 94 valence electrons. The minimum atomic E-state index is -0.670. The Morgan fingerprint density at radius 1 is 1.50 bits per heavy atom. The van der Waals surface area contributed by atoms with E-state index in [1.54, 1.807) is 0 Å². The molecule has 0 aromatic heterocycles. The molecule has 0 radical (unpaired) electrons. The van der Waals surface area contributed by atoms with Gasteiger partial charge in [-0.15, -0.1) is 0 Å². The van der Waals surface area contributed by atoms with Crippen molar-refractivity contribution < 1.29 is 14.5 Å². The molecule has 2 rings (SSSR count). The number of nitrogens with one attached hydrogen (secondary N) is 3. The fourth-order valence-corrected chi connectivity index (χ4v) is 1.54. The van der Waals surface area contributed by atoms with Gasteiger partial charge in [0.25, 0.3) is 5.69 Å². The van der Waals surface area contributed by atoms with Gasteiger partial charge in [-0.1, -0.05) is 6.07 Å². The zero-order chi connectivity index (χ0) is 13.1. The van der Waals surface area contributed by atoms with Gasteiger partial charge in [0.2, 0.25) is 11.8 Å². The van der Waals surface area contributed by atoms with Gasteiger partial charge in [-0.2, -0.15) is 0 Å². The lowest BCUT2D eigenvalue weighted by Gasteiger charge is -2.09. The molecule has 3 N–H and O–H groups in total. The first-order valence-electron chi connectivity index (χ1n) is 5.16. The number of carbonyl (C=O) groups is 2. The molecule has 0 spiro atoms. The number of hydrazine groups is 1. The van der Waals surface area contributed by atoms with Crippen LogP contribution in [0.25, 0.3) is 0 Å². The number of benzene rings is 1. The lowest BCUT2D eigenvalue weighted by Crippen LogP contribution is -2.39. The topological polar surface area (TPSA) is 113 Å². The zero-order valence-corrected chi connectivity index (χ0v) is 9.17. The Morgan fingerprint density at radius 3 is 2.89 bits per heavy atom. The fourth-order valence-electron chi connectivity index (χ4n) is 1.54. The maximum absolute atomic E-state index is 11.7. The Labute approximate surface area is 101 Å². The van der Waals surface area contributed by atoms with Crippen LogP contribution in [-0.2, 0) is 9.59 Å². The lowest BCUT2D eigenvalue weighted by molar-refractivity contribution is -0.384. The van der Waals surface area contributed by atoms with Gasteiger partial charge in [-0.05, 0) is 6.07 Å². The first-order valence-corrected chi connectivity index (χ1v) is 5.16. The number of non-ortho nitro benzene ring substituents is 1. The predicted octanol–water partition coefficient (Wildman–Crippen LogP) is -0.0736. The summed E-state index contributed by atoms with van der Waals surface area (Å²) < 4.78 is 0. The highest BCUT2D eigenvalue weighted by molar-refractivity contribution is 5.99. The summed E-state index contributed by atoms with van der Waals surface area (Å²) in [5.74, 6) is -0.692. The van der Waals surface area contributed by atoms with E-state index in [-0.39, 0.29) is 18.0 Å². The number of rotatable bonds is 3. The molecule has 2 amide bonds. The third-order valence-corrected chi connectivity index (χ3v) is 2.42. The van der Waals surface area contributed by atoms with Crippen LogP contribution < -0.4 is 16.2 Å². The van der Waals surface area contributed by atoms with Gasteiger partial charge in [0.1, 0.15) is 6.04 Å². The van der Waals surface area contributed by atoms with Gasteiger partial charge in [0, 0.05) is 17.8 Å². The molecule has 8 heteroatoms. The van der Waals surface area contributed by atoms with Crippen molar-refractivity contribution in [1.82, 2.24) is 10.9 Å². The molecule has 1 fully saturated rings. The van der Waals surface area contributed by atoms with E-state index in [0.717, 1.165) is 0 Å². The lowest BCUT2D eigenvalue weighted by atomic mass is 10.2. The van der Waals surface area contributed by atoms with Crippen LogP contribution in [0.4, 0.5) is 11.4 Å².